The number of carboxylic acid groups (broad SMARTS) is 1. The van der Waals surface area contributed by atoms with E-state index < -0.39 is 5.97 Å². The number of ether oxygens (including phenoxy) is 1. The maximum absolute atomic E-state index is 10.9. The fraction of sp³-hybridized carbons (Fsp3) is 0.500. The molecular weight excluding hydrogens is 282 g/mol. The van der Waals surface area contributed by atoms with Crippen molar-refractivity contribution in [3.63, 3.8) is 0 Å². The van der Waals surface area contributed by atoms with Gasteiger partial charge in [0.15, 0.2) is 11.5 Å². The molecule has 0 aromatic heterocycles. The van der Waals surface area contributed by atoms with E-state index in [0.29, 0.717) is 29.6 Å². The summed E-state index contributed by atoms with van der Waals surface area (Å²) < 4.78 is 5.04. The number of hydrogen-bond donors (Lipinski definition) is 2. The number of phenolic OH excluding ortho intramolecular Hbond substituents is 1. The second-order valence-corrected chi connectivity index (χ2v) is 5.51. The van der Waals surface area contributed by atoms with Gasteiger partial charge in [0.2, 0.25) is 0 Å². The molecule has 0 atom stereocenters. The molecule has 0 spiro atoms. The zero-order chi connectivity index (χ0) is 15.3. The first-order valence-electron chi connectivity index (χ1n) is 6.33. The predicted octanol–water partition coefficient (Wildman–Crippen LogP) is 2.60. The first kappa shape index (κ1) is 16.6. The van der Waals surface area contributed by atoms with Crippen molar-refractivity contribution in [2.24, 2.45) is 5.92 Å². The van der Waals surface area contributed by atoms with Crippen molar-refractivity contribution >= 4 is 17.6 Å². The minimum absolute atomic E-state index is 0.00366. The molecule has 1 rings (SSSR count). The van der Waals surface area contributed by atoms with Gasteiger partial charge >= 0.3 is 5.97 Å². The summed E-state index contributed by atoms with van der Waals surface area (Å²) >= 11 is 5.97. The highest BCUT2D eigenvalue weighted by molar-refractivity contribution is 6.30. The van der Waals surface area contributed by atoms with Gasteiger partial charge in [0.05, 0.1) is 13.7 Å². The van der Waals surface area contributed by atoms with E-state index in [4.69, 9.17) is 21.4 Å². The summed E-state index contributed by atoms with van der Waals surface area (Å²) in [5.41, 5.74) is 0.552. The average molecular weight is 302 g/mol. The Kier molecular flexibility index (Phi) is 6.10. The topological polar surface area (TPSA) is 70.0 Å². The molecule has 112 valence electrons. The van der Waals surface area contributed by atoms with Gasteiger partial charge in [0.25, 0.3) is 0 Å². The van der Waals surface area contributed by atoms with Crippen molar-refractivity contribution in [3.8, 4) is 11.5 Å². The number of aliphatic carboxylic acids is 1. The Morgan fingerprint density at radius 1 is 1.45 bits per heavy atom. The highest BCUT2D eigenvalue weighted by Gasteiger charge is 2.16. The van der Waals surface area contributed by atoms with Gasteiger partial charge in [-0.25, -0.2) is 0 Å². The number of nitrogens with zero attached hydrogens (tertiary/aromatic N) is 1. The Morgan fingerprint density at radius 2 is 2.10 bits per heavy atom. The number of phenols is 1. The molecule has 0 fully saturated rings. The molecule has 2 N–H and O–H groups in total. The quantitative estimate of drug-likeness (QED) is 0.810. The van der Waals surface area contributed by atoms with E-state index in [-0.39, 0.29) is 18.0 Å². The second kappa shape index (κ2) is 7.36. The summed E-state index contributed by atoms with van der Waals surface area (Å²) in [7, 11) is 1.44. The van der Waals surface area contributed by atoms with E-state index in [1.807, 2.05) is 13.8 Å². The van der Waals surface area contributed by atoms with Crippen molar-refractivity contribution in [2.45, 2.75) is 20.4 Å². The SMILES string of the molecule is COc1cc(Cl)cc(CN(CC(=O)O)CC(C)C)c1O. The van der Waals surface area contributed by atoms with Gasteiger partial charge in [-0.15, -0.1) is 0 Å². The summed E-state index contributed by atoms with van der Waals surface area (Å²) in [6.07, 6.45) is 0. The summed E-state index contributed by atoms with van der Waals surface area (Å²) in [4.78, 5) is 12.6. The smallest absolute Gasteiger partial charge is 0.317 e. The van der Waals surface area contributed by atoms with Crippen LogP contribution in [0.3, 0.4) is 0 Å². The van der Waals surface area contributed by atoms with Crippen LogP contribution in [0.15, 0.2) is 12.1 Å². The van der Waals surface area contributed by atoms with Crippen LogP contribution in [0.25, 0.3) is 0 Å². The summed E-state index contributed by atoms with van der Waals surface area (Å²) in [5, 5.41) is 19.5. The number of rotatable bonds is 7. The van der Waals surface area contributed by atoms with Gasteiger partial charge in [-0.05, 0) is 12.0 Å². The molecule has 6 heteroatoms. The van der Waals surface area contributed by atoms with Gasteiger partial charge < -0.3 is 14.9 Å². The number of carbonyl (C=O) groups is 1. The van der Waals surface area contributed by atoms with E-state index in [1.54, 1.807) is 11.0 Å². The predicted molar refractivity (Wildman–Crippen MR) is 77.4 cm³/mol. The third-order valence-electron chi connectivity index (χ3n) is 2.71. The maximum Gasteiger partial charge on any atom is 0.317 e. The summed E-state index contributed by atoms with van der Waals surface area (Å²) in [6.45, 7) is 4.83. The zero-order valence-electron chi connectivity index (χ0n) is 11.9. The number of halogens is 1. The maximum atomic E-state index is 10.9. The lowest BCUT2D eigenvalue weighted by Crippen LogP contribution is -2.32. The molecule has 5 nitrogen and oxygen atoms in total. The van der Waals surface area contributed by atoms with Crippen LogP contribution in [0.4, 0.5) is 0 Å². The lowest BCUT2D eigenvalue weighted by atomic mass is 10.1. The van der Waals surface area contributed by atoms with Gasteiger partial charge in [-0.2, -0.15) is 0 Å². The largest absolute Gasteiger partial charge is 0.504 e. The van der Waals surface area contributed by atoms with E-state index >= 15 is 0 Å². The van der Waals surface area contributed by atoms with Crippen LogP contribution in [-0.2, 0) is 11.3 Å². The Morgan fingerprint density at radius 3 is 2.60 bits per heavy atom. The van der Waals surface area contributed by atoms with E-state index in [2.05, 4.69) is 0 Å². The molecule has 0 amide bonds. The third-order valence-corrected chi connectivity index (χ3v) is 2.93. The van der Waals surface area contributed by atoms with Gasteiger partial charge in [0, 0.05) is 29.7 Å². The number of carboxylic acids is 1. The first-order valence-corrected chi connectivity index (χ1v) is 6.70. The minimum Gasteiger partial charge on any atom is -0.504 e. The van der Waals surface area contributed by atoms with Crippen molar-refractivity contribution in [1.29, 1.82) is 0 Å². The second-order valence-electron chi connectivity index (χ2n) is 5.07. The first-order chi connectivity index (χ1) is 9.33. The molecule has 0 unspecified atom stereocenters. The van der Waals surface area contributed by atoms with Gasteiger partial charge in [-0.1, -0.05) is 25.4 Å². The van der Waals surface area contributed by atoms with E-state index in [0.717, 1.165) is 0 Å². The molecule has 20 heavy (non-hydrogen) atoms. The minimum atomic E-state index is -0.904. The van der Waals surface area contributed by atoms with Crippen LogP contribution >= 0.6 is 11.6 Å². The lowest BCUT2D eigenvalue weighted by Gasteiger charge is -2.23. The molecule has 0 bridgehead atoms. The van der Waals surface area contributed by atoms with E-state index in [9.17, 15) is 9.90 Å². The monoisotopic (exact) mass is 301 g/mol. The number of benzene rings is 1. The van der Waals surface area contributed by atoms with Crippen LogP contribution in [-0.4, -0.2) is 41.3 Å². The highest BCUT2D eigenvalue weighted by Crippen LogP contribution is 2.34. The van der Waals surface area contributed by atoms with Crippen molar-refractivity contribution in [2.75, 3.05) is 20.2 Å². The normalized spacial score (nSPS) is 11.1. The fourth-order valence-corrected chi connectivity index (χ4v) is 2.27. The van der Waals surface area contributed by atoms with Crippen LogP contribution in [0, 0.1) is 5.92 Å². The van der Waals surface area contributed by atoms with Crippen molar-refractivity contribution < 1.29 is 19.7 Å². The van der Waals surface area contributed by atoms with Crippen LogP contribution < -0.4 is 4.74 Å². The standard InChI is InChI=1S/C14H20ClNO4/c1-9(2)6-16(8-13(17)18)7-10-4-11(15)5-12(20-3)14(10)19/h4-5,9,19H,6-8H2,1-3H3,(H,17,18). The Balaban J connectivity index is 2.97. The van der Waals surface area contributed by atoms with Crippen LogP contribution in [0.5, 0.6) is 11.5 Å². The number of hydrogen-bond acceptors (Lipinski definition) is 4. The van der Waals surface area contributed by atoms with E-state index in [1.165, 1.54) is 13.2 Å². The van der Waals surface area contributed by atoms with Gasteiger partial charge in [-0.3, -0.25) is 9.69 Å². The Hall–Kier alpha value is -1.46. The Bertz CT molecular complexity index is 476. The fourth-order valence-electron chi connectivity index (χ4n) is 2.04. The molecular formula is C14H20ClNO4. The average Bonchev–Trinajstić information content (AvgIpc) is 2.31. The highest BCUT2D eigenvalue weighted by atomic mass is 35.5. The van der Waals surface area contributed by atoms with Crippen LogP contribution in [0.1, 0.15) is 19.4 Å². The molecule has 0 aliphatic rings. The van der Waals surface area contributed by atoms with Crippen LogP contribution in [0.2, 0.25) is 5.02 Å². The molecule has 0 saturated carbocycles. The Labute approximate surface area is 123 Å². The molecule has 0 heterocycles. The molecule has 0 radical (unpaired) electrons. The third kappa shape index (κ3) is 4.90. The number of aromatic hydroxyl groups is 1. The lowest BCUT2D eigenvalue weighted by molar-refractivity contribution is -0.138. The number of methoxy groups -OCH3 is 1. The van der Waals surface area contributed by atoms with Crippen molar-refractivity contribution in [3.05, 3.63) is 22.7 Å². The summed E-state index contributed by atoms with van der Waals surface area (Å²) in [6, 6.07) is 3.14. The molecule has 0 aliphatic heterocycles. The molecule has 1 aromatic carbocycles. The van der Waals surface area contributed by atoms with Crippen molar-refractivity contribution in [1.82, 2.24) is 4.90 Å². The molecule has 1 aromatic rings. The molecule has 0 aliphatic carbocycles. The van der Waals surface area contributed by atoms with Gasteiger partial charge in [0.1, 0.15) is 0 Å². The summed E-state index contributed by atoms with van der Waals surface area (Å²) in [5.74, 6) is -0.305. The zero-order valence-corrected chi connectivity index (χ0v) is 12.6. The molecule has 0 saturated heterocycles.